The Morgan fingerprint density at radius 3 is 2.96 bits per heavy atom. The molecule has 2 heterocycles. The second-order valence-corrected chi connectivity index (χ2v) is 6.51. The highest BCUT2D eigenvalue weighted by Gasteiger charge is 2.26. The minimum absolute atomic E-state index is 0.0282. The summed E-state index contributed by atoms with van der Waals surface area (Å²) in [6, 6.07) is 7.61. The molecule has 1 fully saturated rings. The molecular weight excluding hydrogens is 326 g/mol. The fourth-order valence-electron chi connectivity index (χ4n) is 3.26. The molecule has 126 valence electrons. The maximum absolute atomic E-state index is 12.8. The lowest BCUT2D eigenvalue weighted by atomic mass is 9.88. The number of hydrogen-bond donors (Lipinski definition) is 0. The largest absolute Gasteiger partial charge is 0.480 e. The van der Waals surface area contributed by atoms with Gasteiger partial charge in [-0.15, -0.1) is 5.10 Å². The van der Waals surface area contributed by atoms with E-state index >= 15 is 0 Å². The van der Waals surface area contributed by atoms with Crippen LogP contribution in [0.5, 0.6) is 5.88 Å². The molecule has 0 unspecified atom stereocenters. The van der Waals surface area contributed by atoms with Crippen LogP contribution in [0, 0.1) is 6.92 Å². The Balaban J connectivity index is 1.78. The number of piperidine rings is 1. The molecule has 1 aromatic heterocycles. The molecule has 1 aromatic carbocycles. The molecule has 0 spiro atoms. The van der Waals surface area contributed by atoms with Crippen molar-refractivity contribution in [2.45, 2.75) is 25.7 Å². The van der Waals surface area contributed by atoms with Gasteiger partial charge in [0.25, 0.3) is 5.91 Å². The molecule has 0 saturated carbocycles. The maximum atomic E-state index is 12.8. The van der Waals surface area contributed by atoms with E-state index in [4.69, 9.17) is 16.3 Å². The first-order valence-electron chi connectivity index (χ1n) is 8.00. The van der Waals surface area contributed by atoms with Crippen molar-refractivity contribution in [2.24, 2.45) is 0 Å². The summed E-state index contributed by atoms with van der Waals surface area (Å²) in [4.78, 5) is 14.7. The van der Waals surface area contributed by atoms with Gasteiger partial charge in [-0.25, -0.2) is 0 Å². The number of methoxy groups -OCH3 is 1. The number of nitrogens with zero attached hydrogens (tertiary/aromatic N) is 3. The number of amides is 1. The van der Waals surface area contributed by atoms with Gasteiger partial charge in [-0.05, 0) is 43.0 Å². The molecule has 2 aromatic rings. The highest BCUT2D eigenvalue weighted by atomic mass is 35.5. The average molecular weight is 346 g/mol. The predicted molar refractivity (Wildman–Crippen MR) is 92.7 cm³/mol. The van der Waals surface area contributed by atoms with E-state index in [9.17, 15) is 4.79 Å². The summed E-state index contributed by atoms with van der Waals surface area (Å²) in [7, 11) is 1.51. The fraction of sp³-hybridized carbons (Fsp3) is 0.389. The standard InChI is InChI=1S/C18H20ClN3O2/c1-12-8-15(19)5-6-16(12)13-4-3-7-22(11-13)18(23)14-9-17(24-2)21-20-10-14/h5-6,8-10,13H,3-4,7,11H2,1-2H3/t13-/m1/s1. The van der Waals surface area contributed by atoms with Gasteiger partial charge >= 0.3 is 0 Å². The van der Waals surface area contributed by atoms with Crippen LogP contribution in [-0.4, -0.2) is 41.2 Å². The Morgan fingerprint density at radius 2 is 2.21 bits per heavy atom. The first-order chi connectivity index (χ1) is 11.6. The van der Waals surface area contributed by atoms with Crippen LogP contribution in [0.1, 0.15) is 40.2 Å². The first kappa shape index (κ1) is 16.7. The van der Waals surface area contributed by atoms with Crippen LogP contribution in [-0.2, 0) is 0 Å². The Labute approximate surface area is 146 Å². The van der Waals surface area contributed by atoms with Crippen molar-refractivity contribution < 1.29 is 9.53 Å². The van der Waals surface area contributed by atoms with E-state index in [0.29, 0.717) is 23.9 Å². The third-order valence-electron chi connectivity index (χ3n) is 4.47. The minimum atomic E-state index is -0.0282. The number of aryl methyl sites for hydroxylation is 1. The number of aromatic nitrogens is 2. The van der Waals surface area contributed by atoms with E-state index in [2.05, 4.69) is 23.2 Å². The highest BCUT2D eigenvalue weighted by molar-refractivity contribution is 6.30. The van der Waals surface area contributed by atoms with Gasteiger partial charge in [0, 0.05) is 30.1 Å². The molecule has 6 heteroatoms. The van der Waals surface area contributed by atoms with Gasteiger partial charge in [-0.3, -0.25) is 4.79 Å². The molecule has 1 saturated heterocycles. The Bertz CT molecular complexity index is 751. The zero-order chi connectivity index (χ0) is 17.1. The summed E-state index contributed by atoms with van der Waals surface area (Å²) in [5.41, 5.74) is 2.95. The number of likely N-dealkylation sites (tertiary alicyclic amines) is 1. The van der Waals surface area contributed by atoms with Crippen molar-refractivity contribution in [2.75, 3.05) is 20.2 Å². The Hall–Kier alpha value is -2.14. The van der Waals surface area contributed by atoms with E-state index in [0.717, 1.165) is 24.4 Å². The number of benzene rings is 1. The summed E-state index contributed by atoms with van der Waals surface area (Å²) in [6.07, 6.45) is 3.54. The molecule has 1 aliphatic heterocycles. The SMILES string of the molecule is COc1cc(C(=O)N2CCC[C@@H](c3ccc(Cl)cc3C)C2)cnn1. The zero-order valence-corrected chi connectivity index (χ0v) is 14.6. The van der Waals surface area contributed by atoms with Crippen molar-refractivity contribution in [3.05, 3.63) is 52.2 Å². The monoisotopic (exact) mass is 345 g/mol. The molecule has 24 heavy (non-hydrogen) atoms. The summed E-state index contributed by atoms with van der Waals surface area (Å²) in [6.45, 7) is 3.53. The van der Waals surface area contributed by atoms with Gasteiger partial charge in [-0.2, -0.15) is 5.10 Å². The second kappa shape index (κ2) is 7.18. The van der Waals surface area contributed by atoms with Crippen LogP contribution < -0.4 is 4.74 Å². The van der Waals surface area contributed by atoms with Gasteiger partial charge in [0.1, 0.15) is 0 Å². The lowest BCUT2D eigenvalue weighted by Gasteiger charge is -2.33. The number of halogens is 1. The minimum Gasteiger partial charge on any atom is -0.480 e. The van der Waals surface area contributed by atoms with Crippen LogP contribution in [0.25, 0.3) is 0 Å². The fourth-order valence-corrected chi connectivity index (χ4v) is 3.49. The highest BCUT2D eigenvalue weighted by Crippen LogP contribution is 2.31. The van der Waals surface area contributed by atoms with E-state index in [1.54, 1.807) is 6.07 Å². The molecule has 1 aliphatic rings. The van der Waals surface area contributed by atoms with Gasteiger partial charge in [0.05, 0.1) is 18.9 Å². The number of carbonyl (C=O) groups is 1. The number of hydrogen-bond acceptors (Lipinski definition) is 4. The lowest BCUT2D eigenvalue weighted by molar-refractivity contribution is 0.0705. The number of ether oxygens (including phenoxy) is 1. The third kappa shape index (κ3) is 3.51. The van der Waals surface area contributed by atoms with Crippen molar-refractivity contribution in [1.82, 2.24) is 15.1 Å². The smallest absolute Gasteiger partial charge is 0.255 e. The maximum Gasteiger partial charge on any atom is 0.255 e. The Kier molecular flexibility index (Phi) is 5.00. The second-order valence-electron chi connectivity index (χ2n) is 6.08. The average Bonchev–Trinajstić information content (AvgIpc) is 2.61. The number of carbonyl (C=O) groups excluding carboxylic acids is 1. The van der Waals surface area contributed by atoms with Gasteiger partial charge in [0.15, 0.2) is 0 Å². The molecule has 1 atom stereocenters. The third-order valence-corrected chi connectivity index (χ3v) is 4.70. The molecule has 1 amide bonds. The van der Waals surface area contributed by atoms with E-state index in [1.807, 2.05) is 17.0 Å². The van der Waals surface area contributed by atoms with Gasteiger partial charge < -0.3 is 9.64 Å². The van der Waals surface area contributed by atoms with Gasteiger partial charge in [-0.1, -0.05) is 17.7 Å². The summed E-state index contributed by atoms with van der Waals surface area (Å²) < 4.78 is 5.05. The van der Waals surface area contributed by atoms with E-state index < -0.39 is 0 Å². The van der Waals surface area contributed by atoms with Crippen LogP contribution in [0.15, 0.2) is 30.5 Å². The van der Waals surface area contributed by atoms with Crippen LogP contribution >= 0.6 is 11.6 Å². The van der Waals surface area contributed by atoms with Crippen molar-refractivity contribution in [3.63, 3.8) is 0 Å². The topological polar surface area (TPSA) is 55.3 Å². The summed E-state index contributed by atoms with van der Waals surface area (Å²) >= 11 is 6.05. The Morgan fingerprint density at radius 1 is 1.38 bits per heavy atom. The molecule has 5 nitrogen and oxygen atoms in total. The molecule has 0 N–H and O–H groups in total. The molecule has 3 rings (SSSR count). The quantitative estimate of drug-likeness (QED) is 0.854. The molecule has 0 bridgehead atoms. The van der Waals surface area contributed by atoms with Crippen molar-refractivity contribution >= 4 is 17.5 Å². The first-order valence-corrected chi connectivity index (χ1v) is 8.38. The van der Waals surface area contributed by atoms with Crippen LogP contribution in [0.2, 0.25) is 5.02 Å². The summed E-state index contributed by atoms with van der Waals surface area (Å²) in [5, 5.41) is 8.39. The zero-order valence-electron chi connectivity index (χ0n) is 13.8. The normalized spacial score (nSPS) is 17.6. The molecule has 0 radical (unpaired) electrons. The van der Waals surface area contributed by atoms with E-state index in [-0.39, 0.29) is 5.91 Å². The van der Waals surface area contributed by atoms with Crippen molar-refractivity contribution in [3.8, 4) is 5.88 Å². The molecular formula is C18H20ClN3O2. The van der Waals surface area contributed by atoms with E-state index in [1.165, 1.54) is 24.4 Å². The predicted octanol–water partition coefficient (Wildman–Crippen LogP) is 3.47. The van der Waals surface area contributed by atoms with Crippen LogP contribution in [0.4, 0.5) is 0 Å². The summed E-state index contributed by atoms with van der Waals surface area (Å²) in [5.74, 6) is 0.652. The number of rotatable bonds is 3. The van der Waals surface area contributed by atoms with Gasteiger partial charge in [0.2, 0.25) is 5.88 Å². The van der Waals surface area contributed by atoms with Crippen molar-refractivity contribution in [1.29, 1.82) is 0 Å². The molecule has 0 aliphatic carbocycles. The lowest BCUT2D eigenvalue weighted by Crippen LogP contribution is -2.39. The van der Waals surface area contributed by atoms with Crippen LogP contribution in [0.3, 0.4) is 0 Å².